The van der Waals surface area contributed by atoms with E-state index in [4.69, 9.17) is 0 Å². The normalized spacial score (nSPS) is 25.9. The molecular weight excluding hydrogens is 384 g/mol. The van der Waals surface area contributed by atoms with Crippen LogP contribution in [0.25, 0.3) is 6.08 Å². The van der Waals surface area contributed by atoms with Crippen molar-refractivity contribution in [3.8, 4) is 0 Å². The van der Waals surface area contributed by atoms with Gasteiger partial charge in [-0.15, -0.1) is 0 Å². The molecule has 2 saturated carbocycles. The third-order valence-corrected chi connectivity index (χ3v) is 6.83. The van der Waals surface area contributed by atoms with E-state index in [0.29, 0.717) is 36.2 Å². The topological polar surface area (TPSA) is 61.4 Å². The molecule has 31 heavy (non-hydrogen) atoms. The summed E-state index contributed by atoms with van der Waals surface area (Å²) in [5, 5.41) is 16.8. The van der Waals surface area contributed by atoms with E-state index < -0.39 is 5.97 Å². The van der Waals surface area contributed by atoms with Crippen LogP contribution in [0.5, 0.6) is 0 Å². The van der Waals surface area contributed by atoms with Gasteiger partial charge in [0.1, 0.15) is 0 Å². The Morgan fingerprint density at radius 2 is 1.68 bits per heavy atom. The van der Waals surface area contributed by atoms with Gasteiger partial charge in [0.25, 0.3) is 0 Å². The van der Waals surface area contributed by atoms with E-state index in [1.54, 1.807) is 17.7 Å². The number of carboxylic acids is 1. The second kappa shape index (κ2) is 10.3. The molecule has 4 heteroatoms. The number of nitrogens with one attached hydrogen (secondary N) is 2. The number of carbonyl (C=O) groups is 1. The van der Waals surface area contributed by atoms with E-state index >= 15 is 0 Å². The summed E-state index contributed by atoms with van der Waals surface area (Å²) in [5.41, 5.74) is 4.14. The van der Waals surface area contributed by atoms with Gasteiger partial charge < -0.3 is 15.7 Å². The molecule has 0 aliphatic heterocycles. The molecule has 2 aromatic carbocycles. The molecule has 0 radical (unpaired) electrons. The number of hydrogen-bond donors (Lipinski definition) is 3. The summed E-state index contributed by atoms with van der Waals surface area (Å²) in [6.45, 7) is 2.89. The van der Waals surface area contributed by atoms with Gasteiger partial charge in [-0.2, -0.15) is 0 Å². The Bertz CT molecular complexity index is 900. The second-order valence-corrected chi connectivity index (χ2v) is 8.99. The fourth-order valence-corrected chi connectivity index (χ4v) is 4.93. The molecule has 0 amide bonds. The standard InChI is InChI=1S/C27H34N2O2/c1-2-20(16-19-8-4-3-5-9-19)25-17-26(25)29-23-14-12-22(13-15-23)28-18-21-10-6-7-11-24(21)27(30)31/h3-11,16,22-23,25-26,28-29H,2,12-15,17-18H2,1H3,(H,30,31)/t22?,23?,25?,26-/m0/s1. The molecule has 0 heterocycles. The first-order chi connectivity index (χ1) is 15.1. The maximum atomic E-state index is 11.4. The summed E-state index contributed by atoms with van der Waals surface area (Å²) < 4.78 is 0. The Balaban J connectivity index is 1.22. The van der Waals surface area contributed by atoms with Crippen LogP contribution in [0, 0.1) is 5.92 Å². The molecule has 4 rings (SSSR count). The van der Waals surface area contributed by atoms with Crippen molar-refractivity contribution in [1.82, 2.24) is 10.6 Å². The van der Waals surface area contributed by atoms with Crippen molar-refractivity contribution >= 4 is 12.0 Å². The lowest BCUT2D eigenvalue weighted by atomic mass is 9.90. The van der Waals surface area contributed by atoms with Crippen LogP contribution in [0.15, 0.2) is 60.2 Å². The molecule has 2 fully saturated rings. The number of hydrogen-bond acceptors (Lipinski definition) is 3. The fraction of sp³-hybridized carbons (Fsp3) is 0.444. The van der Waals surface area contributed by atoms with Crippen molar-refractivity contribution in [2.45, 2.75) is 70.1 Å². The van der Waals surface area contributed by atoms with Crippen LogP contribution in [0.3, 0.4) is 0 Å². The zero-order valence-corrected chi connectivity index (χ0v) is 18.4. The lowest BCUT2D eigenvalue weighted by Gasteiger charge is -2.30. The van der Waals surface area contributed by atoms with E-state index in [1.807, 2.05) is 12.1 Å². The zero-order valence-electron chi connectivity index (χ0n) is 18.4. The summed E-state index contributed by atoms with van der Waals surface area (Å²) in [6, 6.07) is 19.6. The van der Waals surface area contributed by atoms with Gasteiger partial charge >= 0.3 is 5.97 Å². The highest BCUT2D eigenvalue weighted by Crippen LogP contribution is 2.40. The molecule has 164 valence electrons. The first kappa shape index (κ1) is 21.8. The van der Waals surface area contributed by atoms with Gasteiger partial charge in [0, 0.05) is 24.7 Å². The average Bonchev–Trinajstić information content (AvgIpc) is 3.56. The smallest absolute Gasteiger partial charge is 0.336 e. The largest absolute Gasteiger partial charge is 0.478 e. The summed E-state index contributed by atoms with van der Waals surface area (Å²) in [5.74, 6) is -0.161. The Kier molecular flexibility index (Phi) is 7.21. The van der Waals surface area contributed by atoms with Gasteiger partial charge in [-0.3, -0.25) is 0 Å². The number of rotatable bonds is 9. The lowest BCUT2D eigenvalue weighted by molar-refractivity contribution is 0.0695. The van der Waals surface area contributed by atoms with E-state index in [2.05, 4.69) is 54.0 Å². The highest BCUT2D eigenvalue weighted by atomic mass is 16.4. The van der Waals surface area contributed by atoms with Crippen molar-refractivity contribution < 1.29 is 9.90 Å². The molecule has 2 aliphatic rings. The van der Waals surface area contributed by atoms with Crippen molar-refractivity contribution in [2.75, 3.05) is 0 Å². The molecule has 0 saturated heterocycles. The quantitative estimate of drug-likeness (QED) is 0.520. The zero-order chi connectivity index (χ0) is 21.6. The van der Waals surface area contributed by atoms with Crippen LogP contribution in [-0.2, 0) is 6.54 Å². The predicted molar refractivity (Wildman–Crippen MR) is 126 cm³/mol. The van der Waals surface area contributed by atoms with Crippen LogP contribution in [0.1, 0.15) is 66.9 Å². The van der Waals surface area contributed by atoms with Gasteiger partial charge in [0.2, 0.25) is 0 Å². The van der Waals surface area contributed by atoms with Crippen molar-refractivity contribution in [3.63, 3.8) is 0 Å². The van der Waals surface area contributed by atoms with E-state index in [0.717, 1.165) is 24.8 Å². The maximum Gasteiger partial charge on any atom is 0.336 e. The minimum atomic E-state index is -0.850. The van der Waals surface area contributed by atoms with Gasteiger partial charge in [0.15, 0.2) is 0 Å². The molecule has 2 aromatic rings. The van der Waals surface area contributed by atoms with Crippen LogP contribution >= 0.6 is 0 Å². The van der Waals surface area contributed by atoms with Crippen LogP contribution < -0.4 is 10.6 Å². The van der Waals surface area contributed by atoms with Crippen LogP contribution in [-0.4, -0.2) is 29.2 Å². The van der Waals surface area contributed by atoms with Crippen molar-refractivity contribution in [3.05, 3.63) is 76.9 Å². The molecule has 4 nitrogen and oxygen atoms in total. The number of benzene rings is 2. The summed E-state index contributed by atoms with van der Waals surface area (Å²) in [6.07, 6.45) is 9.41. The van der Waals surface area contributed by atoms with Crippen LogP contribution in [0.4, 0.5) is 0 Å². The molecule has 0 aromatic heterocycles. The molecule has 1 unspecified atom stereocenters. The number of aromatic carboxylic acids is 1. The van der Waals surface area contributed by atoms with Gasteiger partial charge in [-0.25, -0.2) is 4.79 Å². The van der Waals surface area contributed by atoms with Crippen molar-refractivity contribution in [2.24, 2.45) is 5.92 Å². The average molecular weight is 419 g/mol. The Labute approximate surface area is 185 Å². The Hall–Kier alpha value is -2.43. The highest BCUT2D eigenvalue weighted by molar-refractivity contribution is 5.89. The summed E-state index contributed by atoms with van der Waals surface area (Å²) >= 11 is 0. The van der Waals surface area contributed by atoms with Gasteiger partial charge in [-0.05, 0) is 61.6 Å². The van der Waals surface area contributed by atoms with E-state index in [1.165, 1.54) is 24.8 Å². The third kappa shape index (κ3) is 5.84. The third-order valence-electron chi connectivity index (χ3n) is 6.83. The predicted octanol–water partition coefficient (Wildman–Crippen LogP) is 5.26. The molecule has 3 N–H and O–H groups in total. The second-order valence-electron chi connectivity index (χ2n) is 8.99. The molecule has 0 spiro atoms. The van der Waals surface area contributed by atoms with Crippen molar-refractivity contribution in [1.29, 1.82) is 0 Å². The Morgan fingerprint density at radius 1 is 1.00 bits per heavy atom. The molecule has 2 aliphatic carbocycles. The number of carboxylic acid groups (broad SMARTS) is 1. The SMILES string of the molecule is CCC(=Cc1ccccc1)C1C[C@@H]1NC1CCC(NCc2ccccc2C(=O)O)CC1. The van der Waals surface area contributed by atoms with E-state index in [9.17, 15) is 9.90 Å². The fourth-order valence-electron chi connectivity index (χ4n) is 4.93. The van der Waals surface area contributed by atoms with Gasteiger partial charge in [0.05, 0.1) is 5.56 Å². The summed E-state index contributed by atoms with van der Waals surface area (Å²) in [4.78, 5) is 11.4. The minimum absolute atomic E-state index is 0.403. The molecule has 2 atom stereocenters. The van der Waals surface area contributed by atoms with Crippen LogP contribution in [0.2, 0.25) is 0 Å². The first-order valence-corrected chi connectivity index (χ1v) is 11.7. The molecular formula is C27H34N2O2. The lowest BCUT2D eigenvalue weighted by Crippen LogP contribution is -2.41. The van der Waals surface area contributed by atoms with Gasteiger partial charge in [-0.1, -0.05) is 67.1 Å². The minimum Gasteiger partial charge on any atom is -0.478 e. The highest BCUT2D eigenvalue weighted by Gasteiger charge is 2.40. The molecule has 0 bridgehead atoms. The monoisotopic (exact) mass is 418 g/mol. The Morgan fingerprint density at radius 3 is 2.39 bits per heavy atom. The summed E-state index contributed by atoms with van der Waals surface area (Å²) in [7, 11) is 0. The first-order valence-electron chi connectivity index (χ1n) is 11.7. The maximum absolute atomic E-state index is 11.4. The van der Waals surface area contributed by atoms with E-state index in [-0.39, 0.29) is 0 Å².